The first-order valence-electron chi connectivity index (χ1n) is 10.2. The molecule has 0 aliphatic carbocycles. The molecule has 3 aliphatic rings. The fourth-order valence-electron chi connectivity index (χ4n) is 4.13. The predicted molar refractivity (Wildman–Crippen MR) is 119 cm³/mol. The molecule has 31 heavy (non-hydrogen) atoms. The predicted octanol–water partition coefficient (Wildman–Crippen LogP) is 3.08. The van der Waals surface area contributed by atoms with Crippen LogP contribution in [0.2, 0.25) is 5.02 Å². The van der Waals surface area contributed by atoms with Crippen LogP contribution in [0.3, 0.4) is 0 Å². The standard InChI is InChI=1S/C23H19ClN6O/c24-18-8-6-16(7-9-18)22-20(29-10-2-5-21(29)31)14-30(28-22)23-26-13-19(27-23)17-4-1-3-15(11-17)12-25/h1,3-4,6-9,11,20H,2,5,10,13-14H2. The number of rotatable bonds is 3. The topological polar surface area (TPSA) is 84.4 Å². The maximum absolute atomic E-state index is 12.5. The van der Waals surface area contributed by atoms with Gasteiger partial charge in [-0.1, -0.05) is 35.9 Å². The van der Waals surface area contributed by atoms with E-state index in [1.165, 1.54) is 0 Å². The number of likely N-dealkylation sites (tertiary alicyclic amines) is 1. The Bertz CT molecular complexity index is 1180. The van der Waals surface area contributed by atoms with Gasteiger partial charge in [-0.05, 0) is 36.2 Å². The first kappa shape index (κ1) is 19.5. The summed E-state index contributed by atoms with van der Waals surface area (Å²) in [5.74, 6) is 0.678. The molecule has 0 spiro atoms. The Balaban J connectivity index is 1.45. The Morgan fingerprint density at radius 1 is 1.13 bits per heavy atom. The largest absolute Gasteiger partial charge is 0.332 e. The summed E-state index contributed by atoms with van der Waals surface area (Å²) in [6, 6.07) is 16.9. The molecule has 0 saturated carbocycles. The van der Waals surface area contributed by atoms with E-state index in [9.17, 15) is 4.79 Å². The fourth-order valence-corrected chi connectivity index (χ4v) is 4.26. The summed E-state index contributed by atoms with van der Waals surface area (Å²) in [5, 5.41) is 16.4. The number of carbonyl (C=O) groups excluding carboxylic acids is 1. The quantitative estimate of drug-likeness (QED) is 0.750. The second-order valence-corrected chi connectivity index (χ2v) is 8.08. The minimum Gasteiger partial charge on any atom is -0.332 e. The summed E-state index contributed by atoms with van der Waals surface area (Å²) in [4.78, 5) is 23.6. The van der Waals surface area contributed by atoms with Crippen LogP contribution in [0.15, 0.2) is 63.6 Å². The molecule has 3 heterocycles. The van der Waals surface area contributed by atoms with Crippen LogP contribution >= 0.6 is 11.6 Å². The average Bonchev–Trinajstić information content (AvgIpc) is 3.53. The first-order chi connectivity index (χ1) is 15.1. The molecule has 1 atom stereocenters. The molecule has 3 aliphatic heterocycles. The lowest BCUT2D eigenvalue weighted by atomic mass is 10.0. The molecular formula is C23H19ClN6O. The number of guanidine groups is 1. The minimum absolute atomic E-state index is 0.152. The van der Waals surface area contributed by atoms with Crippen LogP contribution in [0, 0.1) is 11.3 Å². The lowest BCUT2D eigenvalue weighted by Crippen LogP contribution is -2.44. The van der Waals surface area contributed by atoms with Gasteiger partial charge in [-0.3, -0.25) is 4.79 Å². The third-order valence-electron chi connectivity index (χ3n) is 5.68. The third-order valence-corrected chi connectivity index (χ3v) is 5.93. The van der Waals surface area contributed by atoms with E-state index in [-0.39, 0.29) is 11.9 Å². The molecule has 1 saturated heterocycles. The average molecular weight is 431 g/mol. The van der Waals surface area contributed by atoms with Crippen LogP contribution in [0.4, 0.5) is 0 Å². The molecule has 5 rings (SSSR count). The van der Waals surface area contributed by atoms with E-state index in [1.54, 1.807) is 11.1 Å². The number of hydrogen-bond acceptors (Lipinski definition) is 6. The molecular weight excluding hydrogens is 412 g/mol. The highest BCUT2D eigenvalue weighted by Crippen LogP contribution is 2.25. The molecule has 1 amide bonds. The number of carbonyl (C=O) groups is 1. The molecule has 0 aromatic heterocycles. The Labute approximate surface area is 185 Å². The van der Waals surface area contributed by atoms with Crippen LogP contribution in [0.1, 0.15) is 29.5 Å². The molecule has 7 nitrogen and oxygen atoms in total. The van der Waals surface area contributed by atoms with Crippen LogP contribution in [-0.2, 0) is 4.79 Å². The number of amides is 1. The van der Waals surface area contributed by atoms with Crippen LogP contribution in [0.25, 0.3) is 0 Å². The number of nitrogens with zero attached hydrogens (tertiary/aromatic N) is 6. The zero-order valence-corrected chi connectivity index (χ0v) is 17.5. The van der Waals surface area contributed by atoms with Crippen LogP contribution in [0.5, 0.6) is 0 Å². The maximum atomic E-state index is 12.5. The van der Waals surface area contributed by atoms with Gasteiger partial charge in [0.1, 0.15) is 0 Å². The number of hydrazone groups is 1. The van der Waals surface area contributed by atoms with E-state index < -0.39 is 0 Å². The van der Waals surface area contributed by atoms with Crippen molar-refractivity contribution in [2.45, 2.75) is 18.9 Å². The van der Waals surface area contributed by atoms with Crippen LogP contribution in [-0.4, -0.2) is 58.9 Å². The van der Waals surface area contributed by atoms with Gasteiger partial charge in [0.15, 0.2) is 0 Å². The highest BCUT2D eigenvalue weighted by atomic mass is 35.5. The van der Waals surface area contributed by atoms with E-state index in [0.29, 0.717) is 36.1 Å². The molecule has 2 aromatic carbocycles. The van der Waals surface area contributed by atoms with Crippen molar-refractivity contribution in [1.82, 2.24) is 9.91 Å². The van der Waals surface area contributed by atoms with Gasteiger partial charge >= 0.3 is 0 Å². The molecule has 1 fully saturated rings. The van der Waals surface area contributed by atoms with E-state index in [0.717, 1.165) is 35.5 Å². The summed E-state index contributed by atoms with van der Waals surface area (Å²) in [6.45, 7) is 1.67. The normalized spacial score (nSPS) is 20.6. The first-order valence-corrected chi connectivity index (χ1v) is 10.5. The van der Waals surface area contributed by atoms with Gasteiger partial charge in [-0.25, -0.2) is 15.0 Å². The lowest BCUT2D eigenvalue weighted by molar-refractivity contribution is -0.128. The van der Waals surface area contributed by atoms with Crippen molar-refractivity contribution in [2.24, 2.45) is 15.1 Å². The number of hydrogen-bond donors (Lipinski definition) is 0. The van der Waals surface area contributed by atoms with Gasteiger partial charge in [0.25, 0.3) is 0 Å². The van der Waals surface area contributed by atoms with Crippen molar-refractivity contribution < 1.29 is 4.79 Å². The van der Waals surface area contributed by atoms with E-state index in [1.807, 2.05) is 47.4 Å². The van der Waals surface area contributed by atoms with Crippen molar-refractivity contribution in [3.05, 3.63) is 70.2 Å². The Hall–Kier alpha value is -3.50. The molecule has 0 N–H and O–H groups in total. The molecule has 8 heteroatoms. The number of benzene rings is 2. The third kappa shape index (κ3) is 3.71. The fraction of sp³-hybridized carbons (Fsp3) is 0.261. The lowest BCUT2D eigenvalue weighted by Gasteiger charge is -2.25. The minimum atomic E-state index is -0.153. The molecule has 154 valence electrons. The van der Waals surface area contributed by atoms with Crippen molar-refractivity contribution in [3.8, 4) is 6.07 Å². The van der Waals surface area contributed by atoms with Crippen molar-refractivity contribution >= 4 is 34.9 Å². The summed E-state index contributed by atoms with van der Waals surface area (Å²) in [5.41, 5.74) is 4.03. The Kier molecular flexibility index (Phi) is 5.00. The maximum Gasteiger partial charge on any atom is 0.242 e. The SMILES string of the molecule is N#Cc1cccc(C2=NC(N3CC(N4CCCC4=O)C(c4ccc(Cl)cc4)=N3)=NC2)c1. The van der Waals surface area contributed by atoms with Gasteiger partial charge in [-0.15, -0.1) is 0 Å². The zero-order chi connectivity index (χ0) is 21.4. The second kappa shape index (κ2) is 7.97. The summed E-state index contributed by atoms with van der Waals surface area (Å²) < 4.78 is 0. The van der Waals surface area contributed by atoms with E-state index >= 15 is 0 Å². The van der Waals surface area contributed by atoms with E-state index in [2.05, 4.69) is 16.1 Å². The summed E-state index contributed by atoms with van der Waals surface area (Å²) >= 11 is 6.06. The van der Waals surface area contributed by atoms with Gasteiger partial charge < -0.3 is 4.90 Å². The van der Waals surface area contributed by atoms with Gasteiger partial charge in [0.2, 0.25) is 11.9 Å². The molecule has 1 unspecified atom stereocenters. The highest BCUT2D eigenvalue weighted by Gasteiger charge is 2.39. The number of aliphatic imine (C=N–C) groups is 2. The smallest absolute Gasteiger partial charge is 0.242 e. The van der Waals surface area contributed by atoms with Crippen molar-refractivity contribution in [3.63, 3.8) is 0 Å². The van der Waals surface area contributed by atoms with Crippen molar-refractivity contribution in [2.75, 3.05) is 19.6 Å². The van der Waals surface area contributed by atoms with Gasteiger partial charge in [0, 0.05) is 23.6 Å². The highest BCUT2D eigenvalue weighted by molar-refractivity contribution is 6.30. The molecule has 2 aromatic rings. The summed E-state index contributed by atoms with van der Waals surface area (Å²) in [7, 11) is 0. The van der Waals surface area contributed by atoms with E-state index in [4.69, 9.17) is 22.0 Å². The zero-order valence-electron chi connectivity index (χ0n) is 16.7. The Morgan fingerprint density at radius 2 is 1.97 bits per heavy atom. The second-order valence-electron chi connectivity index (χ2n) is 7.65. The van der Waals surface area contributed by atoms with Crippen LogP contribution < -0.4 is 0 Å². The molecule has 0 bridgehead atoms. The van der Waals surface area contributed by atoms with Gasteiger partial charge in [0.05, 0.1) is 42.2 Å². The number of halogens is 1. The monoisotopic (exact) mass is 430 g/mol. The Morgan fingerprint density at radius 3 is 2.71 bits per heavy atom. The molecule has 0 radical (unpaired) electrons. The summed E-state index contributed by atoms with van der Waals surface area (Å²) in [6.07, 6.45) is 1.44. The number of nitriles is 1. The van der Waals surface area contributed by atoms with Gasteiger partial charge in [-0.2, -0.15) is 10.4 Å². The van der Waals surface area contributed by atoms with Crippen molar-refractivity contribution in [1.29, 1.82) is 5.26 Å².